The van der Waals surface area contributed by atoms with Gasteiger partial charge in [0.05, 0.1) is 12.8 Å². The number of ether oxygens (including phenoxy) is 1. The van der Waals surface area contributed by atoms with E-state index in [1.165, 1.54) is 7.11 Å². The first kappa shape index (κ1) is 16.0. The van der Waals surface area contributed by atoms with Crippen LogP contribution in [0.25, 0.3) is 0 Å². The monoisotopic (exact) mass is 304 g/mol. The Morgan fingerprint density at radius 3 is 2.55 bits per heavy atom. The fraction of sp³-hybridized carbons (Fsp3) is 0.400. The third kappa shape index (κ3) is 4.29. The Morgan fingerprint density at radius 1 is 1.18 bits per heavy atom. The molecule has 7 nitrogen and oxygen atoms in total. The lowest BCUT2D eigenvalue weighted by atomic mass is 10.1. The number of methoxy groups -OCH3 is 1. The number of carbonyl (C=O) groups excluding carboxylic acids is 2. The van der Waals surface area contributed by atoms with Gasteiger partial charge in [-0.1, -0.05) is 12.1 Å². The quantitative estimate of drug-likeness (QED) is 0.640. The van der Waals surface area contributed by atoms with Crippen LogP contribution in [0.3, 0.4) is 0 Å². The summed E-state index contributed by atoms with van der Waals surface area (Å²) in [6.45, 7) is 1.81. The second kappa shape index (κ2) is 7.56. The molecule has 0 atom stereocenters. The minimum absolute atomic E-state index is 0.442. The van der Waals surface area contributed by atoms with E-state index in [1.807, 2.05) is 7.05 Å². The molecule has 0 bridgehead atoms. The normalized spacial score (nSPS) is 15.1. The van der Waals surface area contributed by atoms with E-state index < -0.39 is 11.8 Å². The number of amides is 2. The third-order valence-corrected chi connectivity index (χ3v) is 3.44. The first-order valence-electron chi connectivity index (χ1n) is 7.08. The maximum atomic E-state index is 11.8. The van der Waals surface area contributed by atoms with E-state index in [2.05, 4.69) is 20.7 Å². The Hall–Kier alpha value is -2.41. The predicted molar refractivity (Wildman–Crippen MR) is 83.9 cm³/mol. The minimum Gasteiger partial charge on any atom is -0.495 e. The Balaban J connectivity index is 1.90. The van der Waals surface area contributed by atoms with Crippen molar-refractivity contribution in [2.24, 2.45) is 5.10 Å². The van der Waals surface area contributed by atoms with Crippen molar-refractivity contribution in [1.82, 2.24) is 10.3 Å². The van der Waals surface area contributed by atoms with E-state index in [1.54, 1.807) is 24.3 Å². The first-order chi connectivity index (χ1) is 10.6. The van der Waals surface area contributed by atoms with E-state index in [0.29, 0.717) is 11.4 Å². The summed E-state index contributed by atoms with van der Waals surface area (Å²) >= 11 is 0. The molecule has 1 aliphatic rings. The Kier molecular flexibility index (Phi) is 5.48. The van der Waals surface area contributed by atoms with Gasteiger partial charge in [0.25, 0.3) is 0 Å². The van der Waals surface area contributed by atoms with Crippen molar-refractivity contribution < 1.29 is 14.3 Å². The Labute approximate surface area is 129 Å². The smallest absolute Gasteiger partial charge is 0.329 e. The van der Waals surface area contributed by atoms with Crippen molar-refractivity contribution in [3.05, 3.63) is 24.3 Å². The van der Waals surface area contributed by atoms with E-state index in [-0.39, 0.29) is 0 Å². The first-order valence-corrected chi connectivity index (χ1v) is 7.08. The summed E-state index contributed by atoms with van der Waals surface area (Å²) in [6, 6.07) is 6.88. The van der Waals surface area contributed by atoms with Crippen molar-refractivity contribution in [2.45, 2.75) is 12.8 Å². The zero-order valence-corrected chi connectivity index (χ0v) is 12.8. The van der Waals surface area contributed by atoms with Crippen LogP contribution in [-0.2, 0) is 9.59 Å². The van der Waals surface area contributed by atoms with Crippen LogP contribution in [0.5, 0.6) is 5.75 Å². The fourth-order valence-corrected chi connectivity index (χ4v) is 2.10. The topological polar surface area (TPSA) is 83.0 Å². The van der Waals surface area contributed by atoms with Crippen molar-refractivity contribution in [3.63, 3.8) is 0 Å². The zero-order chi connectivity index (χ0) is 15.9. The molecule has 0 aliphatic carbocycles. The molecule has 2 rings (SSSR count). The molecule has 0 radical (unpaired) electrons. The molecule has 0 saturated carbocycles. The number of hydrogen-bond donors (Lipinski definition) is 2. The van der Waals surface area contributed by atoms with E-state index in [4.69, 9.17) is 4.74 Å². The van der Waals surface area contributed by atoms with Gasteiger partial charge in [0.2, 0.25) is 0 Å². The van der Waals surface area contributed by atoms with Gasteiger partial charge < -0.3 is 15.0 Å². The molecule has 7 heteroatoms. The molecule has 1 aromatic carbocycles. The fourth-order valence-electron chi connectivity index (χ4n) is 2.10. The van der Waals surface area contributed by atoms with Gasteiger partial charge >= 0.3 is 11.8 Å². The van der Waals surface area contributed by atoms with Gasteiger partial charge in [-0.25, -0.2) is 5.43 Å². The number of hydrazone groups is 1. The maximum Gasteiger partial charge on any atom is 0.329 e. The maximum absolute atomic E-state index is 11.8. The number of hydrogen-bond acceptors (Lipinski definition) is 5. The minimum atomic E-state index is -0.794. The average Bonchev–Trinajstić information content (AvgIpc) is 2.54. The summed E-state index contributed by atoms with van der Waals surface area (Å²) in [6.07, 6.45) is 1.59. The highest BCUT2D eigenvalue weighted by atomic mass is 16.5. The molecule has 22 heavy (non-hydrogen) atoms. The van der Waals surface area contributed by atoms with Gasteiger partial charge in [-0.15, -0.1) is 0 Å². The van der Waals surface area contributed by atoms with Gasteiger partial charge in [0.15, 0.2) is 0 Å². The second-order valence-electron chi connectivity index (χ2n) is 5.08. The summed E-state index contributed by atoms with van der Waals surface area (Å²) in [7, 11) is 3.53. The second-order valence-corrected chi connectivity index (χ2v) is 5.08. The lowest BCUT2D eigenvalue weighted by molar-refractivity contribution is -0.136. The number of likely N-dealkylation sites (tertiary alicyclic amines) is 1. The molecule has 1 heterocycles. The highest BCUT2D eigenvalue weighted by molar-refractivity contribution is 6.39. The van der Waals surface area contributed by atoms with Gasteiger partial charge in [-0.05, 0) is 19.2 Å². The number of carbonyl (C=O) groups is 2. The van der Waals surface area contributed by atoms with Crippen LogP contribution in [0.1, 0.15) is 12.8 Å². The Bertz CT molecular complexity index is 576. The lowest BCUT2D eigenvalue weighted by Crippen LogP contribution is -2.35. The molecule has 2 N–H and O–H groups in total. The molecule has 1 fully saturated rings. The number of nitrogens with one attached hydrogen (secondary N) is 2. The summed E-state index contributed by atoms with van der Waals surface area (Å²) in [5, 5.41) is 6.52. The molecule has 0 spiro atoms. The van der Waals surface area contributed by atoms with Crippen molar-refractivity contribution >= 4 is 23.2 Å². The summed E-state index contributed by atoms with van der Waals surface area (Å²) in [4.78, 5) is 25.8. The van der Waals surface area contributed by atoms with Crippen LogP contribution < -0.4 is 15.5 Å². The molecule has 1 aliphatic heterocycles. The van der Waals surface area contributed by atoms with Crippen LogP contribution in [0.4, 0.5) is 5.69 Å². The van der Waals surface area contributed by atoms with Gasteiger partial charge in [0.1, 0.15) is 5.75 Å². The highest BCUT2D eigenvalue weighted by Crippen LogP contribution is 2.22. The number of benzene rings is 1. The van der Waals surface area contributed by atoms with Crippen LogP contribution in [0.2, 0.25) is 0 Å². The summed E-state index contributed by atoms with van der Waals surface area (Å²) in [5.74, 6) is -1.08. The SMILES string of the molecule is COc1ccccc1NC(=O)C(=O)NN=C1CCN(C)CC1. The van der Waals surface area contributed by atoms with Crippen LogP contribution in [0.15, 0.2) is 29.4 Å². The molecule has 0 unspecified atom stereocenters. The predicted octanol–water partition coefficient (Wildman–Crippen LogP) is 0.831. The number of anilines is 1. The Morgan fingerprint density at radius 2 is 1.86 bits per heavy atom. The molecule has 1 saturated heterocycles. The van der Waals surface area contributed by atoms with Crippen molar-refractivity contribution in [3.8, 4) is 5.75 Å². The number of rotatable bonds is 3. The van der Waals surface area contributed by atoms with Gasteiger partial charge in [-0.2, -0.15) is 5.10 Å². The van der Waals surface area contributed by atoms with Gasteiger partial charge in [-0.3, -0.25) is 9.59 Å². The zero-order valence-electron chi connectivity index (χ0n) is 12.8. The lowest BCUT2D eigenvalue weighted by Gasteiger charge is -2.22. The number of nitrogens with zero attached hydrogens (tertiary/aromatic N) is 2. The average molecular weight is 304 g/mol. The van der Waals surface area contributed by atoms with Crippen molar-refractivity contribution in [1.29, 1.82) is 0 Å². The molecule has 2 amide bonds. The molecule has 1 aromatic rings. The highest BCUT2D eigenvalue weighted by Gasteiger charge is 2.16. The van der Waals surface area contributed by atoms with Crippen LogP contribution >= 0.6 is 0 Å². The van der Waals surface area contributed by atoms with Crippen LogP contribution in [0, 0.1) is 0 Å². The largest absolute Gasteiger partial charge is 0.495 e. The molecule has 0 aromatic heterocycles. The van der Waals surface area contributed by atoms with Crippen LogP contribution in [-0.4, -0.2) is 49.7 Å². The van der Waals surface area contributed by atoms with Crippen molar-refractivity contribution in [2.75, 3.05) is 32.6 Å². The molecular formula is C15H20N4O3. The summed E-state index contributed by atoms with van der Waals surface area (Å²) in [5.41, 5.74) is 3.64. The number of para-hydroxylation sites is 2. The summed E-state index contributed by atoms with van der Waals surface area (Å²) < 4.78 is 5.11. The van der Waals surface area contributed by atoms with E-state index >= 15 is 0 Å². The molecule has 118 valence electrons. The number of piperidine rings is 1. The van der Waals surface area contributed by atoms with Gasteiger partial charge in [0, 0.05) is 31.6 Å². The molecular weight excluding hydrogens is 284 g/mol. The van der Waals surface area contributed by atoms with E-state index in [0.717, 1.165) is 31.6 Å². The standard InChI is InChI=1S/C15H20N4O3/c1-19-9-7-11(8-10-19)17-18-15(21)14(20)16-12-5-3-4-6-13(12)22-2/h3-6H,7-10H2,1-2H3,(H,16,20)(H,18,21). The third-order valence-electron chi connectivity index (χ3n) is 3.44. The van der Waals surface area contributed by atoms with E-state index in [9.17, 15) is 9.59 Å².